The lowest BCUT2D eigenvalue weighted by molar-refractivity contribution is 0.0692. The quantitative estimate of drug-likeness (QED) is 0.848. The fourth-order valence-electron chi connectivity index (χ4n) is 1.22. The number of rotatable bonds is 6. The highest BCUT2D eigenvalue weighted by atomic mass is 32.2. The average Bonchev–Trinajstić information content (AvgIpc) is 2.30. The Balaban J connectivity index is 2.77. The molecule has 0 fully saturated rings. The molecule has 0 saturated heterocycles. The minimum atomic E-state index is -3.18. The zero-order valence-electron chi connectivity index (χ0n) is 9.72. The summed E-state index contributed by atoms with van der Waals surface area (Å²) in [4.78, 5) is 10.8. The molecule has 0 bridgehead atoms. The Morgan fingerprint density at radius 2 is 2.11 bits per heavy atom. The van der Waals surface area contributed by atoms with Crippen molar-refractivity contribution in [3.05, 3.63) is 29.6 Å². The standard InChI is InChI=1S/C11H13FO5S/c1-2-18(15,16)6-5-17-10-4-3-8(12)7-9(10)11(13)14/h3-4,7H,2,5-6H2,1H3,(H,13,14). The largest absolute Gasteiger partial charge is 0.492 e. The fourth-order valence-corrected chi connectivity index (χ4v) is 1.84. The second kappa shape index (κ2) is 5.81. The third-order valence-electron chi connectivity index (χ3n) is 2.26. The maximum Gasteiger partial charge on any atom is 0.339 e. The van der Waals surface area contributed by atoms with Gasteiger partial charge in [-0.2, -0.15) is 0 Å². The number of halogens is 1. The van der Waals surface area contributed by atoms with Crippen LogP contribution < -0.4 is 4.74 Å². The summed E-state index contributed by atoms with van der Waals surface area (Å²) in [5, 5.41) is 8.83. The highest BCUT2D eigenvalue weighted by Crippen LogP contribution is 2.19. The van der Waals surface area contributed by atoms with E-state index in [2.05, 4.69) is 0 Å². The van der Waals surface area contributed by atoms with Gasteiger partial charge in [0.1, 0.15) is 23.7 Å². The summed E-state index contributed by atoms with van der Waals surface area (Å²) in [5.41, 5.74) is -0.330. The van der Waals surface area contributed by atoms with Crippen molar-refractivity contribution >= 4 is 15.8 Å². The molecule has 5 nitrogen and oxygen atoms in total. The van der Waals surface area contributed by atoms with E-state index in [9.17, 15) is 17.6 Å². The molecule has 0 spiro atoms. The Hall–Kier alpha value is -1.63. The maximum atomic E-state index is 12.9. The molecule has 0 saturated carbocycles. The topological polar surface area (TPSA) is 80.7 Å². The number of benzene rings is 1. The van der Waals surface area contributed by atoms with Gasteiger partial charge in [-0.15, -0.1) is 0 Å². The molecule has 0 heterocycles. The lowest BCUT2D eigenvalue weighted by Crippen LogP contribution is -2.16. The molecule has 18 heavy (non-hydrogen) atoms. The van der Waals surface area contributed by atoms with Gasteiger partial charge in [0.05, 0.1) is 5.75 Å². The van der Waals surface area contributed by atoms with Crippen LogP contribution in [0.3, 0.4) is 0 Å². The first kappa shape index (κ1) is 14.4. The molecular weight excluding hydrogens is 263 g/mol. The highest BCUT2D eigenvalue weighted by molar-refractivity contribution is 7.91. The van der Waals surface area contributed by atoms with E-state index in [1.165, 1.54) is 6.92 Å². The molecule has 0 aliphatic carbocycles. The first-order valence-electron chi connectivity index (χ1n) is 5.22. The van der Waals surface area contributed by atoms with Crippen LogP contribution in [0.5, 0.6) is 5.75 Å². The second-order valence-electron chi connectivity index (χ2n) is 3.53. The molecule has 0 unspecified atom stereocenters. The molecule has 1 rings (SSSR count). The molecule has 0 aliphatic rings. The molecule has 0 atom stereocenters. The number of carboxylic acids is 1. The van der Waals surface area contributed by atoms with Crippen LogP contribution in [0.2, 0.25) is 0 Å². The first-order chi connectivity index (χ1) is 8.35. The minimum Gasteiger partial charge on any atom is -0.492 e. The molecule has 0 aromatic heterocycles. The summed E-state index contributed by atoms with van der Waals surface area (Å²) < 4.78 is 40.3. The molecular formula is C11H13FO5S. The number of hydrogen-bond acceptors (Lipinski definition) is 4. The van der Waals surface area contributed by atoms with Crippen molar-refractivity contribution in [3.63, 3.8) is 0 Å². The van der Waals surface area contributed by atoms with Crippen molar-refractivity contribution in [1.29, 1.82) is 0 Å². The van der Waals surface area contributed by atoms with Gasteiger partial charge in [0.15, 0.2) is 9.84 Å². The summed E-state index contributed by atoms with van der Waals surface area (Å²) >= 11 is 0. The zero-order valence-corrected chi connectivity index (χ0v) is 10.5. The molecule has 0 aliphatic heterocycles. The SMILES string of the molecule is CCS(=O)(=O)CCOc1ccc(F)cc1C(=O)O. The van der Waals surface area contributed by atoms with Crippen molar-refractivity contribution in [1.82, 2.24) is 0 Å². The average molecular weight is 276 g/mol. The van der Waals surface area contributed by atoms with Gasteiger partial charge >= 0.3 is 5.97 Å². The smallest absolute Gasteiger partial charge is 0.339 e. The summed E-state index contributed by atoms with van der Waals surface area (Å²) in [6.07, 6.45) is 0. The second-order valence-corrected chi connectivity index (χ2v) is 6.00. The summed E-state index contributed by atoms with van der Waals surface area (Å²) in [7, 11) is -3.18. The third kappa shape index (κ3) is 3.99. The number of carboxylic acid groups (broad SMARTS) is 1. The molecule has 1 N–H and O–H groups in total. The number of aromatic carboxylic acids is 1. The van der Waals surface area contributed by atoms with Crippen LogP contribution in [0.1, 0.15) is 17.3 Å². The Morgan fingerprint density at radius 1 is 1.44 bits per heavy atom. The van der Waals surface area contributed by atoms with E-state index >= 15 is 0 Å². The van der Waals surface area contributed by atoms with Crippen molar-refractivity contribution in [3.8, 4) is 5.75 Å². The summed E-state index contributed by atoms with van der Waals surface area (Å²) in [6, 6.07) is 3.04. The van der Waals surface area contributed by atoms with E-state index in [4.69, 9.17) is 9.84 Å². The molecule has 0 radical (unpaired) electrons. The van der Waals surface area contributed by atoms with Crippen LogP contribution in [0.25, 0.3) is 0 Å². The van der Waals surface area contributed by atoms with Crippen LogP contribution >= 0.6 is 0 Å². The van der Waals surface area contributed by atoms with E-state index < -0.39 is 21.6 Å². The lowest BCUT2D eigenvalue weighted by atomic mass is 10.2. The van der Waals surface area contributed by atoms with Crippen molar-refractivity contribution in [2.45, 2.75) is 6.92 Å². The summed E-state index contributed by atoms with van der Waals surface area (Å²) in [5.74, 6) is -2.29. The first-order valence-corrected chi connectivity index (χ1v) is 7.04. The maximum absolute atomic E-state index is 12.9. The van der Waals surface area contributed by atoms with E-state index in [0.717, 1.165) is 18.2 Å². The van der Waals surface area contributed by atoms with Crippen LogP contribution in [-0.4, -0.2) is 37.6 Å². The lowest BCUT2D eigenvalue weighted by Gasteiger charge is -2.09. The molecule has 1 aromatic carbocycles. The van der Waals surface area contributed by atoms with E-state index in [-0.39, 0.29) is 29.4 Å². The Kier molecular flexibility index (Phi) is 4.66. The molecule has 1 aromatic rings. The number of hydrogen-bond donors (Lipinski definition) is 1. The number of carbonyl (C=O) groups is 1. The molecule has 100 valence electrons. The van der Waals surface area contributed by atoms with E-state index in [0.29, 0.717) is 0 Å². The predicted octanol–water partition coefficient (Wildman–Crippen LogP) is 1.34. The Morgan fingerprint density at radius 3 is 2.67 bits per heavy atom. The van der Waals surface area contributed by atoms with E-state index in [1.807, 2.05) is 0 Å². The Bertz CT molecular complexity index is 538. The number of ether oxygens (including phenoxy) is 1. The number of sulfone groups is 1. The monoisotopic (exact) mass is 276 g/mol. The van der Waals surface area contributed by atoms with Gasteiger partial charge in [-0.05, 0) is 18.2 Å². The van der Waals surface area contributed by atoms with Crippen molar-refractivity contribution in [2.75, 3.05) is 18.1 Å². The van der Waals surface area contributed by atoms with Crippen molar-refractivity contribution in [2.24, 2.45) is 0 Å². The van der Waals surface area contributed by atoms with Crippen LogP contribution in [0.4, 0.5) is 4.39 Å². The third-order valence-corrected chi connectivity index (χ3v) is 3.93. The predicted molar refractivity (Wildman–Crippen MR) is 63.2 cm³/mol. The molecule has 7 heteroatoms. The fraction of sp³-hybridized carbons (Fsp3) is 0.364. The van der Waals surface area contributed by atoms with Gasteiger partial charge < -0.3 is 9.84 Å². The van der Waals surface area contributed by atoms with Gasteiger partial charge in [-0.25, -0.2) is 17.6 Å². The minimum absolute atomic E-state index is 0.00837. The van der Waals surface area contributed by atoms with Crippen molar-refractivity contribution < 1.29 is 27.4 Å². The molecule has 0 amide bonds. The van der Waals surface area contributed by atoms with Crippen LogP contribution in [0, 0.1) is 5.82 Å². The highest BCUT2D eigenvalue weighted by Gasteiger charge is 2.14. The van der Waals surface area contributed by atoms with Gasteiger partial charge in [0.25, 0.3) is 0 Å². The van der Waals surface area contributed by atoms with Gasteiger partial charge in [-0.3, -0.25) is 0 Å². The van der Waals surface area contributed by atoms with Crippen LogP contribution in [0.15, 0.2) is 18.2 Å². The normalized spacial score (nSPS) is 11.2. The van der Waals surface area contributed by atoms with Gasteiger partial charge in [0, 0.05) is 5.75 Å². The van der Waals surface area contributed by atoms with E-state index in [1.54, 1.807) is 0 Å². The van der Waals surface area contributed by atoms with Gasteiger partial charge in [-0.1, -0.05) is 6.92 Å². The Labute approximate surface area is 104 Å². The van der Waals surface area contributed by atoms with Gasteiger partial charge in [0.2, 0.25) is 0 Å². The summed E-state index contributed by atoms with van der Waals surface area (Å²) in [6.45, 7) is 1.35. The zero-order chi connectivity index (χ0) is 13.8. The van der Waals surface area contributed by atoms with Crippen LogP contribution in [-0.2, 0) is 9.84 Å².